The van der Waals surface area contributed by atoms with E-state index in [0.717, 1.165) is 64.9 Å². The van der Waals surface area contributed by atoms with Gasteiger partial charge in [-0.2, -0.15) is 0 Å². The van der Waals surface area contributed by atoms with E-state index in [-0.39, 0.29) is 30.1 Å². The number of aliphatic imine (C=N–C) groups is 1. The average Bonchev–Trinajstić information content (AvgIpc) is 3.44. The number of methoxy groups -OCH3 is 1. The van der Waals surface area contributed by atoms with Crippen LogP contribution in [0.15, 0.2) is 35.3 Å². The summed E-state index contributed by atoms with van der Waals surface area (Å²) in [5.41, 5.74) is 1.70. The maximum absolute atomic E-state index is 6.20. The molecule has 7 heteroatoms. The van der Waals surface area contributed by atoms with Crippen molar-refractivity contribution in [2.45, 2.75) is 57.7 Å². The lowest BCUT2D eigenvalue weighted by Gasteiger charge is -2.36. The molecule has 0 radical (unpaired) electrons. The first-order chi connectivity index (χ1) is 15.2. The Morgan fingerprint density at radius 2 is 2.00 bits per heavy atom. The zero-order chi connectivity index (χ0) is 21.5. The van der Waals surface area contributed by atoms with Crippen molar-refractivity contribution in [1.29, 1.82) is 0 Å². The van der Waals surface area contributed by atoms with E-state index in [0.29, 0.717) is 11.5 Å². The number of guanidine groups is 1. The average molecular weight is 557 g/mol. The fourth-order valence-electron chi connectivity index (χ4n) is 5.54. The molecule has 180 valence electrons. The minimum Gasteiger partial charge on any atom is -0.385 e. The van der Waals surface area contributed by atoms with Crippen molar-refractivity contribution in [3.05, 3.63) is 35.9 Å². The van der Waals surface area contributed by atoms with Crippen molar-refractivity contribution in [1.82, 2.24) is 15.1 Å². The van der Waals surface area contributed by atoms with Gasteiger partial charge in [-0.05, 0) is 37.2 Å². The van der Waals surface area contributed by atoms with E-state index in [1.807, 2.05) is 7.11 Å². The number of hydrogen-bond donors (Lipinski definition) is 1. The van der Waals surface area contributed by atoms with Crippen LogP contribution in [0.5, 0.6) is 0 Å². The standard InChI is InChI=1S/C25H40N4O2.HI/c1-3-26-24(27-20-25(13-15-30-2)11-7-8-12-25)29-18-22-23(19-29)31-16-14-28(22)17-21-9-5-4-6-10-21;/h4-6,9-10,22-23H,3,7-8,11-20H2,1-2H3,(H,26,27);1H. The summed E-state index contributed by atoms with van der Waals surface area (Å²) in [7, 11) is 1.81. The summed E-state index contributed by atoms with van der Waals surface area (Å²) in [4.78, 5) is 10.2. The van der Waals surface area contributed by atoms with E-state index in [9.17, 15) is 0 Å². The number of benzene rings is 1. The van der Waals surface area contributed by atoms with E-state index >= 15 is 0 Å². The van der Waals surface area contributed by atoms with Crippen LogP contribution in [0.25, 0.3) is 0 Å². The van der Waals surface area contributed by atoms with Crippen LogP contribution in [0.2, 0.25) is 0 Å². The van der Waals surface area contributed by atoms with Gasteiger partial charge in [0, 0.05) is 53.0 Å². The van der Waals surface area contributed by atoms with Crippen LogP contribution >= 0.6 is 24.0 Å². The molecule has 1 aliphatic carbocycles. The Labute approximate surface area is 211 Å². The van der Waals surface area contributed by atoms with Crippen molar-refractivity contribution in [2.75, 3.05) is 53.0 Å². The van der Waals surface area contributed by atoms with Crippen molar-refractivity contribution in [3.63, 3.8) is 0 Å². The summed E-state index contributed by atoms with van der Waals surface area (Å²) in [6, 6.07) is 11.2. The highest BCUT2D eigenvalue weighted by Crippen LogP contribution is 2.41. The Morgan fingerprint density at radius 3 is 2.72 bits per heavy atom. The van der Waals surface area contributed by atoms with Crippen LogP contribution < -0.4 is 5.32 Å². The predicted molar refractivity (Wildman–Crippen MR) is 141 cm³/mol. The molecule has 0 spiro atoms. The molecular formula is C25H41IN4O2. The SMILES string of the molecule is CCNC(=NCC1(CCOC)CCCC1)N1CC2OCCN(Cc3ccccc3)C2C1.I. The van der Waals surface area contributed by atoms with Gasteiger partial charge in [0.25, 0.3) is 0 Å². The zero-order valence-corrected chi connectivity index (χ0v) is 22.1. The first kappa shape index (κ1) is 25.7. The number of fused-ring (bicyclic) bond motifs is 1. The molecule has 0 amide bonds. The molecule has 2 aliphatic heterocycles. The maximum atomic E-state index is 6.20. The van der Waals surface area contributed by atoms with Crippen LogP contribution in [-0.2, 0) is 16.0 Å². The third-order valence-corrected chi connectivity index (χ3v) is 7.34. The van der Waals surface area contributed by atoms with Crippen LogP contribution in [0.4, 0.5) is 0 Å². The second-order valence-electron chi connectivity index (χ2n) is 9.46. The lowest BCUT2D eigenvalue weighted by atomic mass is 9.83. The van der Waals surface area contributed by atoms with Crippen LogP contribution in [0, 0.1) is 5.41 Å². The molecule has 1 aromatic carbocycles. The number of nitrogens with one attached hydrogen (secondary N) is 1. The van der Waals surface area contributed by atoms with E-state index < -0.39 is 0 Å². The molecule has 2 atom stereocenters. The third kappa shape index (κ3) is 6.36. The monoisotopic (exact) mass is 556 g/mol. The summed E-state index contributed by atoms with van der Waals surface area (Å²) in [5.74, 6) is 1.06. The summed E-state index contributed by atoms with van der Waals surface area (Å²) in [5, 5.41) is 3.57. The number of nitrogens with zero attached hydrogens (tertiary/aromatic N) is 3. The lowest BCUT2D eigenvalue weighted by Crippen LogP contribution is -2.50. The molecule has 2 heterocycles. The molecule has 3 fully saturated rings. The number of morpholine rings is 1. The predicted octanol–water partition coefficient (Wildman–Crippen LogP) is 3.75. The van der Waals surface area contributed by atoms with Crippen molar-refractivity contribution < 1.29 is 9.47 Å². The Morgan fingerprint density at radius 1 is 1.22 bits per heavy atom. The molecular weight excluding hydrogens is 515 g/mol. The first-order valence-corrected chi connectivity index (χ1v) is 12.1. The minimum atomic E-state index is 0. The molecule has 1 saturated carbocycles. The van der Waals surface area contributed by atoms with Crippen LogP contribution in [-0.4, -0.2) is 81.0 Å². The van der Waals surface area contributed by atoms with Gasteiger partial charge in [0.1, 0.15) is 0 Å². The molecule has 4 rings (SSSR count). The largest absolute Gasteiger partial charge is 0.385 e. The highest BCUT2D eigenvalue weighted by molar-refractivity contribution is 14.0. The van der Waals surface area contributed by atoms with Gasteiger partial charge < -0.3 is 19.7 Å². The van der Waals surface area contributed by atoms with Gasteiger partial charge in [-0.15, -0.1) is 24.0 Å². The van der Waals surface area contributed by atoms with Gasteiger partial charge >= 0.3 is 0 Å². The van der Waals surface area contributed by atoms with E-state index in [1.54, 1.807) is 0 Å². The van der Waals surface area contributed by atoms with Crippen LogP contribution in [0.3, 0.4) is 0 Å². The maximum Gasteiger partial charge on any atom is 0.194 e. The highest BCUT2D eigenvalue weighted by atomic mass is 127. The minimum absolute atomic E-state index is 0. The lowest BCUT2D eigenvalue weighted by molar-refractivity contribution is -0.0502. The summed E-state index contributed by atoms with van der Waals surface area (Å²) in [6.45, 7) is 9.50. The summed E-state index contributed by atoms with van der Waals surface area (Å²) >= 11 is 0. The topological polar surface area (TPSA) is 49.3 Å². The molecule has 32 heavy (non-hydrogen) atoms. The second-order valence-corrected chi connectivity index (χ2v) is 9.46. The number of ether oxygens (including phenoxy) is 2. The number of halogens is 1. The molecule has 2 saturated heterocycles. The van der Waals surface area contributed by atoms with E-state index in [1.165, 1.54) is 31.2 Å². The third-order valence-electron chi connectivity index (χ3n) is 7.34. The molecule has 0 bridgehead atoms. The number of likely N-dealkylation sites (tertiary alicyclic amines) is 1. The van der Waals surface area contributed by atoms with Gasteiger partial charge in [0.2, 0.25) is 0 Å². The van der Waals surface area contributed by atoms with Crippen molar-refractivity contribution in [3.8, 4) is 0 Å². The Hall–Kier alpha value is -0.900. The Balaban J connectivity index is 0.00000289. The summed E-state index contributed by atoms with van der Waals surface area (Å²) < 4.78 is 11.6. The molecule has 1 aromatic rings. The first-order valence-electron chi connectivity index (χ1n) is 12.1. The number of rotatable bonds is 8. The normalized spacial score (nSPS) is 25.4. The quantitative estimate of drug-likeness (QED) is 0.301. The fraction of sp³-hybridized carbons (Fsp3) is 0.720. The van der Waals surface area contributed by atoms with Gasteiger partial charge in [-0.3, -0.25) is 9.89 Å². The van der Waals surface area contributed by atoms with Gasteiger partial charge in [0.05, 0.1) is 18.8 Å². The van der Waals surface area contributed by atoms with E-state index in [4.69, 9.17) is 14.5 Å². The van der Waals surface area contributed by atoms with Gasteiger partial charge in [-0.25, -0.2) is 0 Å². The Kier molecular flexibility index (Phi) is 10.1. The highest BCUT2D eigenvalue weighted by Gasteiger charge is 2.41. The molecule has 3 aliphatic rings. The Bertz CT molecular complexity index is 711. The van der Waals surface area contributed by atoms with Crippen molar-refractivity contribution >= 4 is 29.9 Å². The fourth-order valence-corrected chi connectivity index (χ4v) is 5.54. The molecule has 0 aromatic heterocycles. The van der Waals surface area contributed by atoms with E-state index in [2.05, 4.69) is 52.4 Å². The molecule has 6 nitrogen and oxygen atoms in total. The second kappa shape index (κ2) is 12.5. The number of hydrogen-bond acceptors (Lipinski definition) is 4. The summed E-state index contributed by atoms with van der Waals surface area (Å²) in [6.07, 6.45) is 6.58. The van der Waals surface area contributed by atoms with Gasteiger partial charge in [0.15, 0.2) is 5.96 Å². The van der Waals surface area contributed by atoms with Gasteiger partial charge in [-0.1, -0.05) is 43.2 Å². The zero-order valence-electron chi connectivity index (χ0n) is 19.8. The molecule has 2 unspecified atom stereocenters. The van der Waals surface area contributed by atoms with Crippen LogP contribution in [0.1, 0.15) is 44.6 Å². The smallest absolute Gasteiger partial charge is 0.194 e. The molecule has 1 N–H and O–H groups in total. The van der Waals surface area contributed by atoms with Crippen molar-refractivity contribution in [2.24, 2.45) is 10.4 Å².